The lowest BCUT2D eigenvalue weighted by Gasteiger charge is -2.09. The molecule has 3 rings (SSSR count). The molecule has 0 atom stereocenters. The second-order valence-electron chi connectivity index (χ2n) is 4.31. The zero-order chi connectivity index (χ0) is 14.1. The van der Waals surface area contributed by atoms with Gasteiger partial charge in [-0.2, -0.15) is 4.98 Å². The summed E-state index contributed by atoms with van der Waals surface area (Å²) < 4.78 is 5.81. The Morgan fingerprint density at radius 2 is 1.70 bits per heavy atom. The Kier molecular flexibility index (Phi) is 3.47. The van der Waals surface area contributed by atoms with Crippen LogP contribution in [0.4, 0.5) is 0 Å². The number of fused-ring (bicyclic) bond motifs is 1. The van der Waals surface area contributed by atoms with Crippen molar-refractivity contribution in [2.75, 3.05) is 0 Å². The molecule has 5 heteroatoms. The Labute approximate surface area is 126 Å². The molecule has 0 unspecified atom stereocenters. The van der Waals surface area contributed by atoms with Crippen LogP contribution in [0.15, 0.2) is 42.5 Å². The molecule has 0 spiro atoms. The molecule has 3 nitrogen and oxygen atoms in total. The molecule has 0 aliphatic rings. The predicted octanol–water partition coefficient (Wildman–Crippen LogP) is 5.04. The minimum Gasteiger partial charge on any atom is -0.438 e. The molecule has 100 valence electrons. The molecule has 0 saturated carbocycles. The van der Waals surface area contributed by atoms with E-state index in [1.165, 1.54) is 0 Å². The summed E-state index contributed by atoms with van der Waals surface area (Å²) in [4.78, 5) is 8.06. The summed E-state index contributed by atoms with van der Waals surface area (Å²) in [7, 11) is 0. The molecule has 3 aromatic rings. The van der Waals surface area contributed by atoms with Gasteiger partial charge in [-0.25, -0.2) is 4.98 Å². The van der Waals surface area contributed by atoms with Crippen LogP contribution in [-0.2, 0) is 0 Å². The number of benzene rings is 2. The SMILES string of the molecule is Cc1cc(Oc2ccc(Cl)c3ccccc23)nc(Cl)n1. The van der Waals surface area contributed by atoms with Gasteiger partial charge in [0.05, 0.1) is 0 Å². The van der Waals surface area contributed by atoms with Gasteiger partial charge in [-0.15, -0.1) is 0 Å². The zero-order valence-electron chi connectivity index (χ0n) is 10.6. The third kappa shape index (κ3) is 2.55. The zero-order valence-corrected chi connectivity index (χ0v) is 12.1. The van der Waals surface area contributed by atoms with Crippen molar-refractivity contribution in [3.63, 3.8) is 0 Å². The Balaban J connectivity index is 2.09. The lowest BCUT2D eigenvalue weighted by atomic mass is 10.1. The molecule has 1 heterocycles. The molecule has 0 N–H and O–H groups in total. The predicted molar refractivity (Wildman–Crippen MR) is 80.8 cm³/mol. The summed E-state index contributed by atoms with van der Waals surface area (Å²) in [6.45, 7) is 1.83. The molecular weight excluding hydrogens is 295 g/mol. The maximum Gasteiger partial charge on any atom is 0.225 e. The van der Waals surface area contributed by atoms with E-state index in [0.29, 0.717) is 16.7 Å². The van der Waals surface area contributed by atoms with Crippen LogP contribution in [0.3, 0.4) is 0 Å². The number of hydrogen-bond acceptors (Lipinski definition) is 3. The topological polar surface area (TPSA) is 35.0 Å². The number of aromatic nitrogens is 2. The van der Waals surface area contributed by atoms with E-state index in [0.717, 1.165) is 16.5 Å². The van der Waals surface area contributed by atoms with Crippen molar-refractivity contribution >= 4 is 34.0 Å². The molecule has 0 fully saturated rings. The maximum atomic E-state index is 6.18. The monoisotopic (exact) mass is 304 g/mol. The number of nitrogens with zero attached hydrogens (tertiary/aromatic N) is 2. The van der Waals surface area contributed by atoms with Crippen molar-refractivity contribution in [2.45, 2.75) is 6.92 Å². The van der Waals surface area contributed by atoms with E-state index in [9.17, 15) is 0 Å². The first-order valence-electron chi connectivity index (χ1n) is 6.00. The quantitative estimate of drug-likeness (QED) is 0.622. The fourth-order valence-corrected chi connectivity index (χ4v) is 2.44. The fraction of sp³-hybridized carbons (Fsp3) is 0.0667. The molecule has 0 aliphatic heterocycles. The number of rotatable bonds is 2. The van der Waals surface area contributed by atoms with Gasteiger partial charge >= 0.3 is 0 Å². The third-order valence-electron chi connectivity index (χ3n) is 2.85. The first-order chi connectivity index (χ1) is 9.63. The van der Waals surface area contributed by atoms with Gasteiger partial charge in [0.25, 0.3) is 0 Å². The highest BCUT2D eigenvalue weighted by Gasteiger charge is 2.08. The summed E-state index contributed by atoms with van der Waals surface area (Å²) in [5.74, 6) is 1.09. The van der Waals surface area contributed by atoms with Crippen LogP contribution in [0.25, 0.3) is 10.8 Å². The second-order valence-corrected chi connectivity index (χ2v) is 5.06. The van der Waals surface area contributed by atoms with Crippen LogP contribution in [0.2, 0.25) is 10.3 Å². The summed E-state index contributed by atoms with van der Waals surface area (Å²) in [6.07, 6.45) is 0. The van der Waals surface area contributed by atoms with E-state index in [1.807, 2.05) is 37.3 Å². The average molecular weight is 305 g/mol. The van der Waals surface area contributed by atoms with Gasteiger partial charge in [0, 0.05) is 27.6 Å². The Morgan fingerprint density at radius 1 is 0.950 bits per heavy atom. The summed E-state index contributed by atoms with van der Waals surface area (Å²) >= 11 is 12.0. The van der Waals surface area contributed by atoms with E-state index >= 15 is 0 Å². The fourth-order valence-electron chi connectivity index (χ4n) is 1.99. The van der Waals surface area contributed by atoms with E-state index < -0.39 is 0 Å². The van der Waals surface area contributed by atoms with Crippen molar-refractivity contribution in [3.05, 3.63) is 58.5 Å². The van der Waals surface area contributed by atoms with Gasteiger partial charge in [0.15, 0.2) is 0 Å². The minimum absolute atomic E-state index is 0.165. The van der Waals surface area contributed by atoms with Gasteiger partial charge in [-0.1, -0.05) is 35.9 Å². The summed E-state index contributed by atoms with van der Waals surface area (Å²) in [5, 5.41) is 2.71. The molecule has 0 aliphatic carbocycles. The van der Waals surface area contributed by atoms with Crippen LogP contribution in [0.1, 0.15) is 5.69 Å². The van der Waals surface area contributed by atoms with Gasteiger partial charge in [0.2, 0.25) is 11.2 Å². The average Bonchev–Trinajstić information content (AvgIpc) is 2.41. The number of ether oxygens (including phenoxy) is 1. The minimum atomic E-state index is 0.165. The van der Waals surface area contributed by atoms with Crippen LogP contribution in [0.5, 0.6) is 11.6 Å². The van der Waals surface area contributed by atoms with E-state index in [4.69, 9.17) is 27.9 Å². The number of hydrogen-bond donors (Lipinski definition) is 0. The Hall–Kier alpha value is -1.84. The van der Waals surface area contributed by atoms with Gasteiger partial charge < -0.3 is 4.74 Å². The van der Waals surface area contributed by atoms with Crippen molar-refractivity contribution in [1.82, 2.24) is 9.97 Å². The Morgan fingerprint density at radius 3 is 2.45 bits per heavy atom. The second kappa shape index (κ2) is 5.27. The number of halogens is 2. The van der Waals surface area contributed by atoms with E-state index in [1.54, 1.807) is 12.1 Å². The molecule has 20 heavy (non-hydrogen) atoms. The largest absolute Gasteiger partial charge is 0.438 e. The van der Waals surface area contributed by atoms with Crippen molar-refractivity contribution < 1.29 is 4.74 Å². The molecule has 2 aromatic carbocycles. The molecule has 0 radical (unpaired) electrons. The third-order valence-corrected chi connectivity index (χ3v) is 3.35. The smallest absolute Gasteiger partial charge is 0.225 e. The normalized spacial score (nSPS) is 10.8. The lowest BCUT2D eigenvalue weighted by Crippen LogP contribution is -1.93. The van der Waals surface area contributed by atoms with Crippen molar-refractivity contribution in [2.24, 2.45) is 0 Å². The van der Waals surface area contributed by atoms with Crippen molar-refractivity contribution in [1.29, 1.82) is 0 Å². The summed E-state index contributed by atoms with van der Waals surface area (Å²) in [5.41, 5.74) is 0.748. The van der Waals surface area contributed by atoms with Crippen LogP contribution >= 0.6 is 23.2 Å². The van der Waals surface area contributed by atoms with Crippen molar-refractivity contribution in [3.8, 4) is 11.6 Å². The Bertz CT molecular complexity index is 770. The molecule has 0 bridgehead atoms. The molecular formula is C15H10Cl2N2O. The highest BCUT2D eigenvalue weighted by molar-refractivity contribution is 6.35. The highest BCUT2D eigenvalue weighted by Crippen LogP contribution is 2.33. The first kappa shape index (κ1) is 13.2. The van der Waals surface area contributed by atoms with Gasteiger partial charge in [-0.3, -0.25) is 0 Å². The molecule has 1 aromatic heterocycles. The first-order valence-corrected chi connectivity index (χ1v) is 6.75. The van der Waals surface area contributed by atoms with Crippen LogP contribution < -0.4 is 4.74 Å². The van der Waals surface area contributed by atoms with Crippen LogP contribution in [0, 0.1) is 6.92 Å². The summed E-state index contributed by atoms with van der Waals surface area (Å²) in [6, 6.07) is 13.1. The highest BCUT2D eigenvalue weighted by atomic mass is 35.5. The standard InChI is InChI=1S/C15H10Cl2N2O/c1-9-8-14(19-15(17)18-9)20-13-7-6-12(16)10-4-2-3-5-11(10)13/h2-8H,1H3. The molecule has 0 saturated heterocycles. The van der Waals surface area contributed by atoms with E-state index in [-0.39, 0.29) is 5.28 Å². The number of aryl methyl sites for hydroxylation is 1. The van der Waals surface area contributed by atoms with Gasteiger partial charge in [0.1, 0.15) is 5.75 Å². The van der Waals surface area contributed by atoms with E-state index in [2.05, 4.69) is 9.97 Å². The van der Waals surface area contributed by atoms with Crippen LogP contribution in [-0.4, -0.2) is 9.97 Å². The lowest BCUT2D eigenvalue weighted by molar-refractivity contribution is 0.466. The maximum absolute atomic E-state index is 6.18. The van der Waals surface area contributed by atoms with Gasteiger partial charge in [-0.05, 0) is 30.7 Å². The molecule has 0 amide bonds.